The Bertz CT molecular complexity index is 988. The molecule has 0 spiro atoms. The Morgan fingerprint density at radius 3 is 2.68 bits per heavy atom. The zero-order valence-corrected chi connectivity index (χ0v) is 15.8. The van der Waals surface area contributed by atoms with Gasteiger partial charge < -0.3 is 9.47 Å². The van der Waals surface area contributed by atoms with E-state index in [0.717, 1.165) is 30.0 Å². The number of benzene rings is 2. The fraction of sp³-hybridized carbons (Fsp3) is 0.273. The maximum Gasteiger partial charge on any atom is 0.268 e. The third kappa shape index (κ3) is 3.98. The number of morpholine rings is 1. The molecule has 1 saturated heterocycles. The van der Waals surface area contributed by atoms with E-state index in [-0.39, 0.29) is 11.7 Å². The molecular formula is C22H23N3O3. The molecule has 2 aromatic carbocycles. The maximum absolute atomic E-state index is 12.4. The van der Waals surface area contributed by atoms with Crippen LogP contribution in [0.4, 0.5) is 0 Å². The van der Waals surface area contributed by atoms with Gasteiger partial charge in [0.2, 0.25) is 0 Å². The normalized spacial score (nSPS) is 17.4. The molecule has 1 aliphatic rings. The topological polar surface area (TPSA) is 56.6 Å². The van der Waals surface area contributed by atoms with E-state index in [1.807, 2.05) is 42.5 Å². The van der Waals surface area contributed by atoms with Crippen molar-refractivity contribution in [2.45, 2.75) is 12.8 Å². The van der Waals surface area contributed by atoms with Crippen molar-refractivity contribution in [2.24, 2.45) is 0 Å². The van der Waals surface area contributed by atoms with Gasteiger partial charge in [0.05, 0.1) is 32.2 Å². The zero-order chi connectivity index (χ0) is 19.3. The molecule has 6 nitrogen and oxygen atoms in total. The van der Waals surface area contributed by atoms with Crippen LogP contribution in [0.2, 0.25) is 0 Å². The van der Waals surface area contributed by atoms with Crippen LogP contribution in [0.25, 0.3) is 11.3 Å². The Morgan fingerprint density at radius 2 is 1.86 bits per heavy atom. The molecule has 1 atom stereocenters. The van der Waals surface area contributed by atoms with Crippen LogP contribution in [0.15, 0.2) is 71.5 Å². The van der Waals surface area contributed by atoms with Crippen molar-refractivity contribution in [3.63, 3.8) is 0 Å². The largest absolute Gasteiger partial charge is 0.496 e. The number of ether oxygens (including phenoxy) is 2. The van der Waals surface area contributed by atoms with E-state index in [1.165, 1.54) is 4.68 Å². The Kier molecular flexibility index (Phi) is 5.50. The quantitative estimate of drug-likeness (QED) is 0.684. The number of methoxy groups -OCH3 is 1. The Hall–Kier alpha value is -2.96. The smallest absolute Gasteiger partial charge is 0.268 e. The minimum Gasteiger partial charge on any atom is -0.496 e. The van der Waals surface area contributed by atoms with E-state index in [2.05, 4.69) is 22.1 Å². The van der Waals surface area contributed by atoms with Gasteiger partial charge in [0.25, 0.3) is 5.56 Å². The van der Waals surface area contributed by atoms with Crippen molar-refractivity contribution in [1.29, 1.82) is 0 Å². The second-order valence-electron chi connectivity index (χ2n) is 6.75. The van der Waals surface area contributed by atoms with E-state index in [9.17, 15) is 4.79 Å². The first-order chi connectivity index (χ1) is 13.7. The first kappa shape index (κ1) is 18.4. The van der Waals surface area contributed by atoms with Crippen LogP contribution in [0.5, 0.6) is 5.75 Å². The molecule has 2 heterocycles. The lowest BCUT2D eigenvalue weighted by Crippen LogP contribution is -2.42. The van der Waals surface area contributed by atoms with Crippen molar-refractivity contribution >= 4 is 0 Å². The molecule has 6 heteroatoms. The van der Waals surface area contributed by atoms with Crippen LogP contribution in [0.1, 0.15) is 11.7 Å². The van der Waals surface area contributed by atoms with Gasteiger partial charge in [-0.15, -0.1) is 0 Å². The highest BCUT2D eigenvalue weighted by molar-refractivity contribution is 5.66. The van der Waals surface area contributed by atoms with Crippen LogP contribution < -0.4 is 10.3 Å². The molecule has 28 heavy (non-hydrogen) atoms. The lowest BCUT2D eigenvalue weighted by Gasteiger charge is -2.33. The number of rotatable bonds is 5. The highest BCUT2D eigenvalue weighted by atomic mass is 16.5. The van der Waals surface area contributed by atoms with Crippen LogP contribution in [-0.2, 0) is 11.4 Å². The zero-order valence-electron chi connectivity index (χ0n) is 15.8. The van der Waals surface area contributed by atoms with E-state index < -0.39 is 0 Å². The maximum atomic E-state index is 12.4. The van der Waals surface area contributed by atoms with Crippen molar-refractivity contribution < 1.29 is 9.47 Å². The lowest BCUT2D eigenvalue weighted by atomic mass is 10.1. The van der Waals surface area contributed by atoms with Crippen molar-refractivity contribution in [3.05, 3.63) is 82.6 Å². The SMILES string of the molecule is COc1ccccc1-c1ccc(=O)n(CN2CCOC(c3ccccc3)C2)n1. The van der Waals surface area contributed by atoms with E-state index in [1.54, 1.807) is 19.2 Å². The second-order valence-corrected chi connectivity index (χ2v) is 6.75. The second kappa shape index (κ2) is 8.37. The molecule has 0 amide bonds. The van der Waals surface area contributed by atoms with Gasteiger partial charge in [-0.1, -0.05) is 42.5 Å². The summed E-state index contributed by atoms with van der Waals surface area (Å²) in [6.45, 7) is 2.53. The van der Waals surface area contributed by atoms with Crippen molar-refractivity contribution in [3.8, 4) is 17.0 Å². The average Bonchev–Trinajstić information content (AvgIpc) is 2.76. The predicted molar refractivity (Wildman–Crippen MR) is 107 cm³/mol. The summed E-state index contributed by atoms with van der Waals surface area (Å²) in [6.07, 6.45) is 0.00283. The number of para-hydroxylation sites is 1. The molecule has 0 saturated carbocycles. The van der Waals surface area contributed by atoms with Gasteiger partial charge >= 0.3 is 0 Å². The van der Waals surface area contributed by atoms with Gasteiger partial charge in [-0.25, -0.2) is 4.68 Å². The van der Waals surface area contributed by atoms with Crippen LogP contribution >= 0.6 is 0 Å². The summed E-state index contributed by atoms with van der Waals surface area (Å²) in [4.78, 5) is 14.6. The lowest BCUT2D eigenvalue weighted by molar-refractivity contribution is -0.0421. The minimum atomic E-state index is -0.124. The number of hydrogen-bond donors (Lipinski definition) is 0. The average molecular weight is 377 g/mol. The van der Waals surface area contributed by atoms with E-state index in [4.69, 9.17) is 9.47 Å². The Balaban J connectivity index is 1.55. The van der Waals surface area contributed by atoms with Gasteiger partial charge in [0.1, 0.15) is 5.75 Å². The molecule has 0 bridgehead atoms. The summed E-state index contributed by atoms with van der Waals surface area (Å²) >= 11 is 0. The molecule has 0 N–H and O–H groups in total. The molecule has 0 radical (unpaired) electrons. The van der Waals surface area contributed by atoms with Gasteiger partial charge in [0.15, 0.2) is 0 Å². The Morgan fingerprint density at radius 1 is 1.07 bits per heavy atom. The van der Waals surface area contributed by atoms with E-state index in [0.29, 0.717) is 19.0 Å². The molecule has 1 aliphatic heterocycles. The highest BCUT2D eigenvalue weighted by Gasteiger charge is 2.22. The third-order valence-electron chi connectivity index (χ3n) is 4.91. The standard InChI is InChI=1S/C22H23N3O3/c1-27-20-10-6-5-9-18(20)19-11-12-22(26)25(23-19)16-24-13-14-28-21(15-24)17-7-3-2-4-8-17/h2-12,21H,13-16H2,1H3. The van der Waals surface area contributed by atoms with Gasteiger partial charge in [-0.05, 0) is 23.8 Å². The minimum absolute atomic E-state index is 0.00283. The van der Waals surface area contributed by atoms with Crippen LogP contribution in [-0.4, -0.2) is 41.5 Å². The predicted octanol–water partition coefficient (Wildman–Crippen LogP) is 2.95. The molecule has 144 valence electrons. The summed E-state index contributed by atoms with van der Waals surface area (Å²) in [6, 6.07) is 21.1. The summed E-state index contributed by atoms with van der Waals surface area (Å²) in [7, 11) is 1.63. The summed E-state index contributed by atoms with van der Waals surface area (Å²) in [5.41, 5.74) is 2.60. The molecule has 1 unspecified atom stereocenters. The molecule has 4 rings (SSSR count). The van der Waals surface area contributed by atoms with Crippen molar-refractivity contribution in [2.75, 3.05) is 26.8 Å². The fourth-order valence-corrected chi connectivity index (χ4v) is 3.44. The fourth-order valence-electron chi connectivity index (χ4n) is 3.44. The van der Waals surface area contributed by atoms with Gasteiger partial charge in [0, 0.05) is 24.7 Å². The molecule has 0 aliphatic carbocycles. The van der Waals surface area contributed by atoms with Crippen molar-refractivity contribution in [1.82, 2.24) is 14.7 Å². The highest BCUT2D eigenvalue weighted by Crippen LogP contribution is 2.27. The molecule has 1 aromatic heterocycles. The monoisotopic (exact) mass is 377 g/mol. The van der Waals surface area contributed by atoms with Gasteiger partial charge in [-0.3, -0.25) is 9.69 Å². The first-order valence-electron chi connectivity index (χ1n) is 9.35. The summed E-state index contributed by atoms with van der Waals surface area (Å²) in [5, 5.41) is 4.58. The van der Waals surface area contributed by atoms with Crippen LogP contribution in [0, 0.1) is 0 Å². The first-order valence-corrected chi connectivity index (χ1v) is 9.35. The molecular weight excluding hydrogens is 354 g/mol. The number of hydrogen-bond acceptors (Lipinski definition) is 5. The Labute approximate surface area is 163 Å². The summed E-state index contributed by atoms with van der Waals surface area (Å²) < 4.78 is 12.9. The summed E-state index contributed by atoms with van der Waals surface area (Å²) in [5.74, 6) is 0.732. The molecule has 1 fully saturated rings. The van der Waals surface area contributed by atoms with Gasteiger partial charge in [-0.2, -0.15) is 5.10 Å². The number of nitrogens with zero attached hydrogens (tertiary/aromatic N) is 3. The molecule has 3 aromatic rings. The van der Waals surface area contributed by atoms with E-state index >= 15 is 0 Å². The number of aromatic nitrogens is 2. The van der Waals surface area contributed by atoms with Crippen LogP contribution in [0.3, 0.4) is 0 Å². The third-order valence-corrected chi connectivity index (χ3v) is 4.91.